The number of carbonyl (C=O) groups excluding carboxylic acids is 1. The molecule has 3 fully saturated rings. The molecule has 2 aromatic heterocycles. The van der Waals surface area contributed by atoms with Crippen molar-refractivity contribution in [2.24, 2.45) is 0 Å². The Morgan fingerprint density at radius 2 is 1.97 bits per heavy atom. The van der Waals surface area contributed by atoms with Crippen LogP contribution < -0.4 is 10.2 Å². The molecule has 6 rings (SSSR count). The largest absolute Gasteiger partial charge is 0.377 e. The van der Waals surface area contributed by atoms with Gasteiger partial charge in [-0.1, -0.05) is 12.1 Å². The Labute approximate surface area is 192 Å². The molecule has 3 aliphatic rings. The molecule has 3 atom stereocenters. The summed E-state index contributed by atoms with van der Waals surface area (Å²) in [5.74, 6) is 0.580. The summed E-state index contributed by atoms with van der Waals surface area (Å²) >= 11 is 0. The van der Waals surface area contributed by atoms with Gasteiger partial charge in [0.1, 0.15) is 0 Å². The molecule has 2 bridgehead atoms. The predicted octanol–water partition coefficient (Wildman–Crippen LogP) is 2.92. The number of benzene rings is 1. The topological polar surface area (TPSA) is 94.4 Å². The number of nitrogens with zero attached hydrogens (tertiary/aromatic N) is 5. The molecule has 0 radical (unpaired) electrons. The molecule has 33 heavy (non-hydrogen) atoms. The lowest BCUT2D eigenvalue weighted by Gasteiger charge is -2.35. The summed E-state index contributed by atoms with van der Waals surface area (Å²) in [6.07, 6.45) is 6.97. The zero-order valence-electron chi connectivity index (χ0n) is 18.7. The fraction of sp³-hybridized carbons (Fsp3) is 0.500. The summed E-state index contributed by atoms with van der Waals surface area (Å²) in [6, 6.07) is 8.14. The summed E-state index contributed by atoms with van der Waals surface area (Å²) in [6.45, 7) is 2.13. The number of nitrogens with one attached hydrogen (secondary N) is 1. The lowest BCUT2D eigenvalue weighted by atomic mass is 10.1. The van der Waals surface area contributed by atoms with Gasteiger partial charge in [0.05, 0.1) is 42.6 Å². The second-order valence-corrected chi connectivity index (χ2v) is 9.01. The number of amides is 1. The molecule has 0 aliphatic carbocycles. The van der Waals surface area contributed by atoms with Gasteiger partial charge >= 0.3 is 0 Å². The first-order valence-corrected chi connectivity index (χ1v) is 11.8. The SMILES string of the molecule is CNC(=O)c1cccc(-c2nc(N3C4CCC3COC4)nc3c2cnn3C2CCCCO2)c1. The van der Waals surface area contributed by atoms with Gasteiger partial charge in [0.2, 0.25) is 5.95 Å². The molecule has 5 heterocycles. The van der Waals surface area contributed by atoms with Crippen LogP contribution in [0.15, 0.2) is 30.5 Å². The number of hydrogen-bond acceptors (Lipinski definition) is 7. The van der Waals surface area contributed by atoms with Gasteiger partial charge in [-0.2, -0.15) is 10.1 Å². The molecule has 3 aromatic rings. The smallest absolute Gasteiger partial charge is 0.251 e. The molecule has 1 N–H and O–H groups in total. The van der Waals surface area contributed by atoms with Crippen LogP contribution in [0.25, 0.3) is 22.3 Å². The van der Waals surface area contributed by atoms with Crippen LogP contribution >= 0.6 is 0 Å². The molecular formula is C24H28N6O3. The maximum Gasteiger partial charge on any atom is 0.251 e. The predicted molar refractivity (Wildman–Crippen MR) is 123 cm³/mol. The van der Waals surface area contributed by atoms with Crippen molar-refractivity contribution in [3.63, 3.8) is 0 Å². The Bertz CT molecular complexity index is 1170. The fourth-order valence-corrected chi connectivity index (χ4v) is 5.28. The minimum absolute atomic E-state index is 0.120. The first-order valence-electron chi connectivity index (χ1n) is 11.8. The molecule has 9 nitrogen and oxygen atoms in total. The number of anilines is 1. The fourth-order valence-electron chi connectivity index (χ4n) is 5.28. The normalized spacial score (nSPS) is 24.9. The summed E-state index contributed by atoms with van der Waals surface area (Å²) in [5.41, 5.74) is 3.03. The number of fused-ring (bicyclic) bond motifs is 3. The molecule has 0 spiro atoms. The van der Waals surface area contributed by atoms with Crippen LogP contribution in [-0.4, -0.2) is 64.6 Å². The van der Waals surface area contributed by atoms with Gasteiger partial charge in [-0.3, -0.25) is 4.79 Å². The third-order valence-electron chi connectivity index (χ3n) is 6.97. The lowest BCUT2D eigenvalue weighted by Crippen LogP contribution is -2.46. The molecule has 1 amide bonds. The van der Waals surface area contributed by atoms with Gasteiger partial charge in [-0.25, -0.2) is 9.67 Å². The summed E-state index contributed by atoms with van der Waals surface area (Å²) < 4.78 is 13.7. The molecule has 1 aromatic carbocycles. The van der Waals surface area contributed by atoms with Gasteiger partial charge < -0.3 is 19.7 Å². The molecule has 3 saturated heterocycles. The van der Waals surface area contributed by atoms with Gasteiger partial charge in [-0.15, -0.1) is 0 Å². The van der Waals surface area contributed by atoms with E-state index in [1.165, 1.54) is 0 Å². The number of rotatable bonds is 4. The van der Waals surface area contributed by atoms with Crippen molar-refractivity contribution in [3.05, 3.63) is 36.0 Å². The van der Waals surface area contributed by atoms with E-state index >= 15 is 0 Å². The van der Waals surface area contributed by atoms with Crippen molar-refractivity contribution in [1.29, 1.82) is 0 Å². The molecule has 9 heteroatoms. The van der Waals surface area contributed by atoms with Crippen LogP contribution in [-0.2, 0) is 9.47 Å². The lowest BCUT2D eigenvalue weighted by molar-refractivity contribution is -0.0370. The van der Waals surface area contributed by atoms with E-state index in [0.717, 1.165) is 61.0 Å². The molecule has 172 valence electrons. The maximum absolute atomic E-state index is 12.3. The van der Waals surface area contributed by atoms with E-state index in [9.17, 15) is 4.79 Å². The van der Waals surface area contributed by atoms with Crippen molar-refractivity contribution in [1.82, 2.24) is 25.1 Å². The van der Waals surface area contributed by atoms with E-state index in [-0.39, 0.29) is 24.2 Å². The Hall–Kier alpha value is -3.04. The standard InChI is InChI=1S/C24H28N6O3/c1-25-23(31)16-6-4-5-15(11-16)21-19-12-26-30(20-7-2-3-10-33-20)22(19)28-24(27-21)29-17-8-9-18(29)14-32-13-17/h4-6,11-12,17-18,20H,2-3,7-10,13-14H2,1H3,(H,25,31). The number of carbonyl (C=O) groups is 1. The van der Waals surface area contributed by atoms with Crippen LogP contribution in [0.5, 0.6) is 0 Å². The number of aromatic nitrogens is 4. The minimum atomic E-state index is -0.125. The van der Waals surface area contributed by atoms with Crippen LogP contribution in [0.4, 0.5) is 5.95 Å². The van der Waals surface area contributed by atoms with Gasteiger partial charge in [-0.05, 0) is 44.2 Å². The van der Waals surface area contributed by atoms with Gasteiger partial charge in [0, 0.05) is 24.8 Å². The highest BCUT2D eigenvalue weighted by atomic mass is 16.5. The van der Waals surface area contributed by atoms with Crippen LogP contribution in [0.1, 0.15) is 48.7 Å². The van der Waals surface area contributed by atoms with Gasteiger partial charge in [0.25, 0.3) is 5.91 Å². The van der Waals surface area contributed by atoms with Crippen molar-refractivity contribution in [2.45, 2.75) is 50.4 Å². The van der Waals surface area contributed by atoms with Crippen LogP contribution in [0.3, 0.4) is 0 Å². The van der Waals surface area contributed by atoms with E-state index in [1.807, 2.05) is 35.1 Å². The van der Waals surface area contributed by atoms with Crippen LogP contribution in [0.2, 0.25) is 0 Å². The molecule has 3 aliphatic heterocycles. The third kappa shape index (κ3) is 3.55. The maximum atomic E-state index is 12.3. The number of hydrogen-bond donors (Lipinski definition) is 1. The summed E-state index contributed by atoms with van der Waals surface area (Å²) in [5, 5.41) is 8.25. The molecule has 0 saturated carbocycles. The summed E-state index contributed by atoms with van der Waals surface area (Å²) in [7, 11) is 1.64. The van der Waals surface area contributed by atoms with E-state index < -0.39 is 0 Å². The number of ether oxygens (including phenoxy) is 2. The first kappa shape index (κ1) is 20.6. The highest BCUT2D eigenvalue weighted by molar-refractivity contribution is 5.97. The molecule has 3 unspecified atom stereocenters. The van der Waals surface area contributed by atoms with Crippen LogP contribution in [0, 0.1) is 0 Å². The van der Waals surface area contributed by atoms with E-state index in [2.05, 4.69) is 15.3 Å². The average molecular weight is 449 g/mol. The van der Waals surface area contributed by atoms with Crippen molar-refractivity contribution in [3.8, 4) is 11.3 Å². The second-order valence-electron chi connectivity index (χ2n) is 9.01. The average Bonchev–Trinajstić information content (AvgIpc) is 3.41. The van der Waals surface area contributed by atoms with Crippen molar-refractivity contribution >= 4 is 22.9 Å². The monoisotopic (exact) mass is 448 g/mol. The van der Waals surface area contributed by atoms with E-state index in [1.54, 1.807) is 7.05 Å². The Morgan fingerprint density at radius 1 is 1.12 bits per heavy atom. The number of morpholine rings is 1. The third-order valence-corrected chi connectivity index (χ3v) is 6.97. The first-order chi connectivity index (χ1) is 16.2. The minimum Gasteiger partial charge on any atom is -0.377 e. The second kappa shape index (κ2) is 8.39. The summed E-state index contributed by atoms with van der Waals surface area (Å²) in [4.78, 5) is 24.7. The quantitative estimate of drug-likeness (QED) is 0.656. The highest BCUT2D eigenvalue weighted by Crippen LogP contribution is 2.36. The zero-order valence-corrected chi connectivity index (χ0v) is 18.7. The van der Waals surface area contributed by atoms with E-state index in [0.29, 0.717) is 24.7 Å². The van der Waals surface area contributed by atoms with Crippen molar-refractivity contribution < 1.29 is 14.3 Å². The Kier molecular flexibility index (Phi) is 5.22. The Balaban J connectivity index is 1.52. The molecular weight excluding hydrogens is 420 g/mol. The van der Waals surface area contributed by atoms with E-state index in [4.69, 9.17) is 19.4 Å². The van der Waals surface area contributed by atoms with Gasteiger partial charge in [0.15, 0.2) is 11.9 Å². The van der Waals surface area contributed by atoms with Crippen molar-refractivity contribution in [2.75, 3.05) is 31.8 Å². The zero-order chi connectivity index (χ0) is 22.4. The highest BCUT2D eigenvalue weighted by Gasteiger charge is 2.39. The Morgan fingerprint density at radius 3 is 2.73 bits per heavy atom.